The smallest absolute Gasteiger partial charge is 0.254 e. The number of carbonyl (C=O) groups is 1. The Morgan fingerprint density at radius 1 is 0.978 bits per heavy atom. The number of rotatable bonds is 8. The van der Waals surface area contributed by atoms with Crippen LogP contribution in [0.2, 0.25) is 0 Å². The van der Waals surface area contributed by atoms with Gasteiger partial charge in [0.1, 0.15) is 22.7 Å². The Labute approximate surface area is 261 Å². The summed E-state index contributed by atoms with van der Waals surface area (Å²) in [7, 11) is 1.68. The molecule has 2 saturated carbocycles. The van der Waals surface area contributed by atoms with Gasteiger partial charge in [-0.15, -0.1) is 0 Å². The lowest BCUT2D eigenvalue weighted by molar-refractivity contribution is 0.0700. The molecular weight excluding hydrogens is 566 g/mol. The second kappa shape index (κ2) is 10.3. The highest BCUT2D eigenvalue weighted by Crippen LogP contribution is 2.41. The second-order valence-corrected chi connectivity index (χ2v) is 13.4. The Balaban J connectivity index is 1.15. The largest absolute Gasteiger partial charge is 0.494 e. The quantitative estimate of drug-likeness (QED) is 0.283. The number of hydrogen-bond donors (Lipinski definition) is 1. The van der Waals surface area contributed by atoms with Crippen LogP contribution >= 0.6 is 0 Å². The van der Waals surface area contributed by atoms with Crippen molar-refractivity contribution in [2.75, 3.05) is 31.6 Å². The summed E-state index contributed by atoms with van der Waals surface area (Å²) < 4.78 is 10.7. The molecule has 3 atom stereocenters. The Morgan fingerprint density at radius 2 is 1.84 bits per heavy atom. The van der Waals surface area contributed by atoms with Gasteiger partial charge in [0, 0.05) is 80.3 Å². The lowest BCUT2D eigenvalue weighted by atomic mass is 10.00. The van der Waals surface area contributed by atoms with Crippen molar-refractivity contribution >= 4 is 33.8 Å². The van der Waals surface area contributed by atoms with Crippen molar-refractivity contribution in [1.82, 2.24) is 34.0 Å². The van der Waals surface area contributed by atoms with E-state index in [2.05, 4.69) is 36.1 Å². The van der Waals surface area contributed by atoms with Gasteiger partial charge in [0.25, 0.3) is 5.91 Å². The number of piperidine rings is 1. The molecule has 2 aliphatic carbocycles. The maximum Gasteiger partial charge on any atom is 0.254 e. The van der Waals surface area contributed by atoms with Crippen LogP contribution < -0.4 is 15.4 Å². The molecular formula is C34H37N9O2. The van der Waals surface area contributed by atoms with E-state index in [1.165, 1.54) is 12.8 Å². The van der Waals surface area contributed by atoms with Crippen LogP contribution in [0.4, 0.5) is 5.82 Å². The van der Waals surface area contributed by atoms with Gasteiger partial charge in [0.2, 0.25) is 0 Å². The third kappa shape index (κ3) is 4.39. The van der Waals surface area contributed by atoms with Gasteiger partial charge in [-0.3, -0.25) is 9.78 Å². The molecule has 2 bridgehead atoms. The molecule has 2 saturated heterocycles. The molecule has 2 N–H and O–H groups in total. The molecule has 45 heavy (non-hydrogen) atoms. The van der Waals surface area contributed by atoms with Crippen LogP contribution in [0.15, 0.2) is 55.1 Å². The van der Waals surface area contributed by atoms with Crippen LogP contribution in [0.5, 0.6) is 5.75 Å². The number of imidazole rings is 1. The number of pyridine rings is 1. The van der Waals surface area contributed by atoms with Gasteiger partial charge in [0.05, 0.1) is 24.5 Å². The molecule has 230 valence electrons. The Bertz CT molecular complexity index is 1920. The standard InChI is InChI=1S/C34H37N9O2/c1-45-28-13-24(34(44)42-19-23-6-7-26(42)30(23)35)11-25-31(28)43(18-21-15-40(16-21)29-14-36-9-10-37-29)33(39-25)27-12-22-3-2-8-38-32(22)41(27)17-20-4-5-20/h2-3,8-14,20-21,23,26,30H,4-7,15-19,35H2,1H3/t23-,26-,30-/m1/s1. The van der Waals surface area contributed by atoms with E-state index in [0.717, 1.165) is 85.0 Å². The number of hydrogen-bond acceptors (Lipinski definition) is 8. The number of ether oxygens (including phenoxy) is 1. The van der Waals surface area contributed by atoms with E-state index in [-0.39, 0.29) is 18.0 Å². The highest BCUT2D eigenvalue weighted by Gasteiger charge is 2.47. The zero-order chi connectivity index (χ0) is 30.2. The van der Waals surface area contributed by atoms with Crippen molar-refractivity contribution < 1.29 is 9.53 Å². The summed E-state index contributed by atoms with van der Waals surface area (Å²) in [4.78, 5) is 37.0. The second-order valence-electron chi connectivity index (χ2n) is 13.4. The summed E-state index contributed by atoms with van der Waals surface area (Å²) in [5.74, 6) is 3.89. The molecule has 9 rings (SSSR count). The van der Waals surface area contributed by atoms with E-state index in [9.17, 15) is 4.79 Å². The average molecular weight is 604 g/mol. The molecule has 6 heterocycles. The summed E-state index contributed by atoms with van der Waals surface area (Å²) in [5.41, 5.74) is 10.8. The number of aromatic nitrogens is 6. The number of fused-ring (bicyclic) bond motifs is 4. The van der Waals surface area contributed by atoms with Crippen LogP contribution in [0, 0.1) is 17.8 Å². The molecule has 0 spiro atoms. The molecule has 4 aliphatic rings. The fourth-order valence-electron chi connectivity index (χ4n) is 7.93. The first kappa shape index (κ1) is 26.9. The van der Waals surface area contributed by atoms with Gasteiger partial charge in [0.15, 0.2) is 5.82 Å². The molecule has 1 aromatic carbocycles. The maximum atomic E-state index is 13.9. The van der Waals surface area contributed by atoms with E-state index < -0.39 is 0 Å². The minimum absolute atomic E-state index is 0.0135. The summed E-state index contributed by atoms with van der Waals surface area (Å²) >= 11 is 0. The van der Waals surface area contributed by atoms with Crippen LogP contribution in [-0.2, 0) is 13.1 Å². The van der Waals surface area contributed by atoms with Crippen LogP contribution in [0.1, 0.15) is 36.0 Å². The molecule has 1 amide bonds. The zero-order valence-electron chi connectivity index (χ0n) is 25.4. The van der Waals surface area contributed by atoms with Gasteiger partial charge in [-0.1, -0.05) is 0 Å². The minimum Gasteiger partial charge on any atom is -0.494 e. The third-order valence-electron chi connectivity index (χ3n) is 10.5. The number of nitrogens with two attached hydrogens (primary N) is 1. The molecule has 5 aromatic rings. The topological polar surface area (TPSA) is 120 Å². The fourth-order valence-corrected chi connectivity index (χ4v) is 7.93. The highest BCUT2D eigenvalue weighted by molar-refractivity contribution is 6.00. The van der Waals surface area contributed by atoms with Crippen molar-refractivity contribution in [2.24, 2.45) is 23.5 Å². The number of likely N-dealkylation sites (tertiary alicyclic amines) is 1. The number of amides is 1. The summed E-state index contributed by atoms with van der Waals surface area (Å²) in [5, 5.41) is 1.10. The average Bonchev–Trinajstić information content (AvgIpc) is 3.41. The van der Waals surface area contributed by atoms with Crippen molar-refractivity contribution in [3.8, 4) is 17.3 Å². The lowest BCUT2D eigenvalue weighted by Crippen LogP contribution is -2.49. The number of nitrogens with zero attached hydrogens (tertiary/aromatic N) is 8. The SMILES string of the molecule is COc1cc(C(=O)N2C[C@H]3CC[C@@H]2[C@@H]3N)cc2nc(-c3cc4cccnc4n3CC3CC3)n(CC3CN(c4cnccn4)C3)c12. The van der Waals surface area contributed by atoms with Crippen LogP contribution in [0.3, 0.4) is 0 Å². The molecule has 11 nitrogen and oxygen atoms in total. The van der Waals surface area contributed by atoms with Gasteiger partial charge < -0.3 is 29.4 Å². The van der Waals surface area contributed by atoms with Crippen LogP contribution in [-0.4, -0.2) is 78.7 Å². The number of carbonyl (C=O) groups excluding carboxylic acids is 1. The first-order chi connectivity index (χ1) is 22.1. The third-order valence-corrected chi connectivity index (χ3v) is 10.5. The fraction of sp³-hybridized carbons (Fsp3) is 0.441. The van der Waals surface area contributed by atoms with E-state index in [1.807, 2.05) is 35.5 Å². The van der Waals surface area contributed by atoms with E-state index in [4.69, 9.17) is 20.4 Å². The minimum atomic E-state index is 0.0135. The molecule has 11 heteroatoms. The van der Waals surface area contributed by atoms with Gasteiger partial charge in [-0.25, -0.2) is 15.0 Å². The summed E-state index contributed by atoms with van der Waals surface area (Å²) in [6.45, 7) is 4.15. The lowest BCUT2D eigenvalue weighted by Gasteiger charge is -2.40. The van der Waals surface area contributed by atoms with Crippen molar-refractivity contribution in [3.63, 3.8) is 0 Å². The van der Waals surface area contributed by atoms with E-state index in [0.29, 0.717) is 29.1 Å². The predicted molar refractivity (Wildman–Crippen MR) is 171 cm³/mol. The number of methoxy groups -OCH3 is 1. The summed E-state index contributed by atoms with van der Waals surface area (Å²) in [6.07, 6.45) is 11.7. The van der Waals surface area contributed by atoms with Gasteiger partial charge in [-0.2, -0.15) is 0 Å². The molecule has 0 unspecified atom stereocenters. The first-order valence-electron chi connectivity index (χ1n) is 16.2. The van der Waals surface area contributed by atoms with Crippen molar-refractivity contribution in [1.29, 1.82) is 0 Å². The first-order valence-corrected chi connectivity index (χ1v) is 16.2. The van der Waals surface area contributed by atoms with Gasteiger partial charge >= 0.3 is 0 Å². The molecule has 4 aromatic heterocycles. The highest BCUT2D eigenvalue weighted by atomic mass is 16.5. The Kier molecular flexibility index (Phi) is 6.13. The molecule has 0 radical (unpaired) electrons. The number of benzene rings is 1. The monoisotopic (exact) mass is 603 g/mol. The van der Waals surface area contributed by atoms with E-state index in [1.54, 1.807) is 19.5 Å². The summed E-state index contributed by atoms with van der Waals surface area (Å²) in [6, 6.07) is 10.4. The normalized spacial score (nSPS) is 22.9. The Morgan fingerprint density at radius 3 is 2.58 bits per heavy atom. The molecule has 2 aliphatic heterocycles. The predicted octanol–water partition coefficient (Wildman–Crippen LogP) is 3.96. The van der Waals surface area contributed by atoms with Crippen molar-refractivity contribution in [3.05, 3.63) is 60.7 Å². The maximum absolute atomic E-state index is 13.9. The zero-order valence-corrected chi connectivity index (χ0v) is 25.4. The molecule has 4 fully saturated rings. The van der Waals surface area contributed by atoms with E-state index >= 15 is 0 Å². The Hall–Kier alpha value is -4.51. The van der Waals surface area contributed by atoms with Crippen LogP contribution in [0.25, 0.3) is 33.6 Å². The number of anilines is 1. The van der Waals surface area contributed by atoms with Gasteiger partial charge in [-0.05, 0) is 67.9 Å². The van der Waals surface area contributed by atoms with Crippen molar-refractivity contribution in [2.45, 2.75) is 50.9 Å².